The van der Waals surface area contributed by atoms with Crippen LogP contribution in [-0.4, -0.2) is 0 Å². The van der Waals surface area contributed by atoms with Crippen LogP contribution in [0, 0.1) is 0 Å². The Morgan fingerprint density at radius 1 is 0.404 bits per heavy atom. The quantitative estimate of drug-likeness (QED) is 0.177. The lowest BCUT2D eigenvalue weighted by Crippen LogP contribution is -2.14. The molecule has 0 spiro atoms. The van der Waals surface area contributed by atoms with Gasteiger partial charge in [-0.25, -0.2) is 0 Å². The fourth-order valence-electron chi connectivity index (χ4n) is 8.19. The summed E-state index contributed by atoms with van der Waals surface area (Å²) in [7, 11) is 0. The van der Waals surface area contributed by atoms with Gasteiger partial charge in [-0.15, -0.1) is 0 Å². The Hall–Kier alpha value is -5.20. The molecule has 8 aromatic rings. The number of fused-ring (bicyclic) bond motifs is 3. The minimum absolute atomic E-state index is 0.0198. The van der Waals surface area contributed by atoms with E-state index in [0.29, 0.717) is 0 Å². The van der Waals surface area contributed by atoms with Gasteiger partial charge in [0.05, 0.1) is 0 Å². The van der Waals surface area contributed by atoms with Crippen LogP contribution in [0.25, 0.3) is 76.8 Å². The third-order valence-electron chi connectivity index (χ3n) is 10.8. The van der Waals surface area contributed by atoms with Crippen LogP contribution in [0.4, 0.5) is 0 Å². The SMILES string of the molecule is CC(C)(C)c1cc2ccc3ccc(-c4ccc(-c5ccccc5-c5ccc6c(c5)C(C)(C)c5ccccc5-6)cc4)c4ccc(c1)c2c34. The maximum absolute atomic E-state index is 2.43. The van der Waals surface area contributed by atoms with Crippen LogP contribution in [0.2, 0.25) is 0 Å². The Kier molecular flexibility index (Phi) is 5.91. The van der Waals surface area contributed by atoms with E-state index in [0.717, 1.165) is 0 Å². The first-order chi connectivity index (χ1) is 22.7. The summed E-state index contributed by atoms with van der Waals surface area (Å²) in [6.07, 6.45) is 0. The van der Waals surface area contributed by atoms with Gasteiger partial charge in [-0.3, -0.25) is 0 Å². The highest BCUT2D eigenvalue weighted by molar-refractivity contribution is 6.25. The smallest absolute Gasteiger partial charge is 0.0159 e. The van der Waals surface area contributed by atoms with E-state index >= 15 is 0 Å². The average molecular weight is 603 g/mol. The molecule has 0 amide bonds. The van der Waals surface area contributed by atoms with E-state index in [1.54, 1.807) is 0 Å². The molecule has 0 aliphatic heterocycles. The fourth-order valence-corrected chi connectivity index (χ4v) is 8.19. The second-order valence-corrected chi connectivity index (χ2v) is 15.0. The van der Waals surface area contributed by atoms with Gasteiger partial charge in [-0.2, -0.15) is 0 Å². The molecule has 0 saturated heterocycles. The summed E-state index contributed by atoms with van der Waals surface area (Å²) in [6, 6.07) is 52.6. The molecule has 226 valence electrons. The largest absolute Gasteiger partial charge is 0.0619 e. The Morgan fingerprint density at radius 2 is 0.915 bits per heavy atom. The summed E-state index contributed by atoms with van der Waals surface area (Å²) in [4.78, 5) is 0. The zero-order valence-corrected chi connectivity index (χ0v) is 27.8. The lowest BCUT2D eigenvalue weighted by Gasteiger charge is -2.22. The maximum Gasteiger partial charge on any atom is 0.0159 e. The van der Waals surface area contributed by atoms with Crippen molar-refractivity contribution in [3.63, 3.8) is 0 Å². The molecule has 47 heavy (non-hydrogen) atoms. The summed E-state index contributed by atoms with van der Waals surface area (Å²) in [5.74, 6) is 0. The van der Waals surface area contributed by atoms with Crippen LogP contribution in [0.5, 0.6) is 0 Å². The minimum atomic E-state index is -0.0198. The van der Waals surface area contributed by atoms with Crippen molar-refractivity contribution >= 4 is 32.3 Å². The van der Waals surface area contributed by atoms with Crippen LogP contribution in [0.15, 0.2) is 140 Å². The Labute approximate surface area is 277 Å². The maximum atomic E-state index is 2.43. The van der Waals surface area contributed by atoms with Crippen molar-refractivity contribution in [2.45, 2.75) is 45.4 Å². The first kappa shape index (κ1) is 28.1. The summed E-state index contributed by atoms with van der Waals surface area (Å²) in [5.41, 5.74) is 14.6. The molecule has 1 aliphatic carbocycles. The third kappa shape index (κ3) is 4.21. The van der Waals surface area contributed by atoms with E-state index in [2.05, 4.69) is 174 Å². The molecule has 0 atom stereocenters. The van der Waals surface area contributed by atoms with Crippen molar-refractivity contribution in [1.82, 2.24) is 0 Å². The standard InChI is InChI=1S/C47H38/c1-46(2,3)35-26-33-19-18-31-20-23-38(41-25-22-34(27-35)44(33)45(31)41)30-16-14-29(15-17-30)36-10-6-7-11-37(36)32-21-24-40-39-12-8-9-13-42(39)47(4,5)43(40)28-32/h6-28H,1-5H3. The van der Waals surface area contributed by atoms with Gasteiger partial charge >= 0.3 is 0 Å². The third-order valence-corrected chi connectivity index (χ3v) is 10.8. The van der Waals surface area contributed by atoms with Gasteiger partial charge < -0.3 is 0 Å². The van der Waals surface area contributed by atoms with Gasteiger partial charge in [0.25, 0.3) is 0 Å². The van der Waals surface area contributed by atoms with E-state index in [-0.39, 0.29) is 10.8 Å². The fraction of sp³-hybridized carbons (Fsp3) is 0.149. The molecule has 0 bridgehead atoms. The summed E-state index contributed by atoms with van der Waals surface area (Å²) >= 11 is 0. The molecule has 0 unspecified atom stereocenters. The molecule has 0 heterocycles. The summed E-state index contributed by atoms with van der Waals surface area (Å²) in [6.45, 7) is 11.6. The highest BCUT2D eigenvalue weighted by Gasteiger charge is 2.35. The van der Waals surface area contributed by atoms with E-state index in [1.807, 2.05) is 0 Å². The van der Waals surface area contributed by atoms with Gasteiger partial charge in [0.15, 0.2) is 0 Å². The molecule has 0 heteroatoms. The van der Waals surface area contributed by atoms with E-state index in [4.69, 9.17) is 0 Å². The molecule has 0 saturated carbocycles. The lowest BCUT2D eigenvalue weighted by atomic mass is 9.81. The predicted octanol–water partition coefficient (Wildman–Crippen LogP) is 13.2. The number of hydrogen-bond donors (Lipinski definition) is 0. The first-order valence-corrected chi connectivity index (χ1v) is 16.9. The molecule has 9 rings (SSSR count). The van der Waals surface area contributed by atoms with Crippen molar-refractivity contribution in [1.29, 1.82) is 0 Å². The van der Waals surface area contributed by atoms with Crippen LogP contribution >= 0.6 is 0 Å². The average Bonchev–Trinajstić information content (AvgIpc) is 3.32. The molecule has 0 aromatic heterocycles. The lowest BCUT2D eigenvalue weighted by molar-refractivity contribution is 0.591. The summed E-state index contributed by atoms with van der Waals surface area (Å²) < 4.78 is 0. The number of benzene rings is 8. The van der Waals surface area contributed by atoms with Crippen LogP contribution in [-0.2, 0) is 10.8 Å². The van der Waals surface area contributed by atoms with Gasteiger partial charge in [0, 0.05) is 5.41 Å². The van der Waals surface area contributed by atoms with E-state index in [1.165, 1.54) is 93.5 Å². The topological polar surface area (TPSA) is 0 Å². The number of rotatable bonds is 3. The van der Waals surface area contributed by atoms with Crippen molar-refractivity contribution in [2.24, 2.45) is 0 Å². The Morgan fingerprint density at radius 3 is 1.62 bits per heavy atom. The molecule has 0 N–H and O–H groups in total. The molecule has 0 nitrogen and oxygen atoms in total. The minimum Gasteiger partial charge on any atom is -0.0619 e. The zero-order chi connectivity index (χ0) is 32.1. The van der Waals surface area contributed by atoms with Crippen LogP contribution in [0.1, 0.15) is 51.3 Å². The van der Waals surface area contributed by atoms with Gasteiger partial charge in [-0.05, 0) is 105 Å². The monoisotopic (exact) mass is 602 g/mol. The highest BCUT2D eigenvalue weighted by atomic mass is 14.4. The summed E-state index contributed by atoms with van der Waals surface area (Å²) in [5, 5.41) is 8.02. The first-order valence-electron chi connectivity index (χ1n) is 16.9. The normalized spacial score (nSPS) is 13.8. The second kappa shape index (κ2) is 9.90. The highest BCUT2D eigenvalue weighted by Crippen LogP contribution is 2.50. The molecular formula is C47H38. The number of hydrogen-bond acceptors (Lipinski definition) is 0. The van der Waals surface area contributed by atoms with E-state index in [9.17, 15) is 0 Å². The van der Waals surface area contributed by atoms with Gasteiger partial charge in [0.2, 0.25) is 0 Å². The Bertz CT molecular complexity index is 2480. The van der Waals surface area contributed by atoms with E-state index < -0.39 is 0 Å². The molecule has 0 radical (unpaired) electrons. The second-order valence-electron chi connectivity index (χ2n) is 15.0. The van der Waals surface area contributed by atoms with Crippen molar-refractivity contribution in [3.8, 4) is 44.5 Å². The molecule has 1 aliphatic rings. The molecule has 0 fully saturated rings. The predicted molar refractivity (Wildman–Crippen MR) is 203 cm³/mol. The van der Waals surface area contributed by atoms with Crippen molar-refractivity contribution < 1.29 is 0 Å². The van der Waals surface area contributed by atoms with Gasteiger partial charge in [0.1, 0.15) is 0 Å². The molecular weight excluding hydrogens is 565 g/mol. The van der Waals surface area contributed by atoms with Crippen molar-refractivity contribution in [2.75, 3.05) is 0 Å². The van der Waals surface area contributed by atoms with Crippen LogP contribution in [0.3, 0.4) is 0 Å². The Balaban J connectivity index is 1.12. The van der Waals surface area contributed by atoms with Gasteiger partial charge in [-0.1, -0.05) is 168 Å². The van der Waals surface area contributed by atoms with Crippen molar-refractivity contribution in [3.05, 3.63) is 156 Å². The van der Waals surface area contributed by atoms with Crippen LogP contribution < -0.4 is 0 Å². The zero-order valence-electron chi connectivity index (χ0n) is 27.8. The molecule has 8 aromatic carbocycles.